The van der Waals surface area contributed by atoms with Gasteiger partial charge in [0.1, 0.15) is 11.2 Å². The van der Waals surface area contributed by atoms with Crippen LogP contribution in [0.3, 0.4) is 0 Å². The highest BCUT2D eigenvalue weighted by Crippen LogP contribution is 2.25. The maximum Gasteiger partial charge on any atom is 0.259 e. The SMILES string of the molecule is CCc1nc(CN(C)CC2(O)CCCN(C(=O)c3cnn4ccn(C)c34)C2)no1. The third kappa shape index (κ3) is 3.90. The lowest BCUT2D eigenvalue weighted by molar-refractivity contribution is -0.0441. The zero-order valence-electron chi connectivity index (χ0n) is 17.1. The van der Waals surface area contributed by atoms with E-state index in [2.05, 4.69) is 15.2 Å². The largest absolute Gasteiger partial charge is 0.387 e. The topological polar surface area (TPSA) is 105 Å². The Morgan fingerprint density at radius 2 is 2.24 bits per heavy atom. The smallest absolute Gasteiger partial charge is 0.259 e. The van der Waals surface area contributed by atoms with Crippen LogP contribution < -0.4 is 0 Å². The summed E-state index contributed by atoms with van der Waals surface area (Å²) in [5.41, 5.74) is 0.319. The number of piperidine rings is 1. The monoisotopic (exact) mass is 401 g/mol. The van der Waals surface area contributed by atoms with Crippen molar-refractivity contribution in [3.63, 3.8) is 0 Å². The van der Waals surface area contributed by atoms with Crippen molar-refractivity contribution in [2.24, 2.45) is 7.05 Å². The summed E-state index contributed by atoms with van der Waals surface area (Å²) in [6.45, 7) is 3.76. The fourth-order valence-electron chi connectivity index (χ4n) is 4.08. The summed E-state index contributed by atoms with van der Waals surface area (Å²) in [7, 11) is 3.79. The Bertz CT molecular complexity index is 1010. The van der Waals surface area contributed by atoms with Gasteiger partial charge in [-0.1, -0.05) is 12.1 Å². The van der Waals surface area contributed by atoms with E-state index in [1.54, 1.807) is 15.6 Å². The van der Waals surface area contributed by atoms with E-state index in [0.29, 0.717) is 49.8 Å². The molecule has 0 saturated carbocycles. The lowest BCUT2D eigenvalue weighted by Crippen LogP contribution is -2.55. The first-order chi connectivity index (χ1) is 13.9. The third-order valence-corrected chi connectivity index (χ3v) is 5.40. The summed E-state index contributed by atoms with van der Waals surface area (Å²) in [6, 6.07) is 0. The summed E-state index contributed by atoms with van der Waals surface area (Å²) < 4.78 is 8.71. The molecule has 29 heavy (non-hydrogen) atoms. The average molecular weight is 401 g/mol. The van der Waals surface area contributed by atoms with Crippen molar-refractivity contribution in [3.05, 3.63) is 35.9 Å². The first-order valence-electron chi connectivity index (χ1n) is 9.89. The number of amides is 1. The predicted molar refractivity (Wildman–Crippen MR) is 104 cm³/mol. The molecular formula is C19H27N7O3. The van der Waals surface area contributed by atoms with Gasteiger partial charge in [-0.3, -0.25) is 9.69 Å². The molecule has 1 aliphatic rings. The number of likely N-dealkylation sites (N-methyl/N-ethyl adjacent to an activating group) is 1. The maximum atomic E-state index is 13.1. The molecule has 1 amide bonds. The molecule has 0 bridgehead atoms. The van der Waals surface area contributed by atoms with E-state index >= 15 is 0 Å². The molecule has 1 N–H and O–H groups in total. The number of carbonyl (C=O) groups is 1. The number of hydrogen-bond acceptors (Lipinski definition) is 7. The Labute approximate surface area is 168 Å². The van der Waals surface area contributed by atoms with E-state index in [-0.39, 0.29) is 12.5 Å². The van der Waals surface area contributed by atoms with Crippen molar-refractivity contribution < 1.29 is 14.4 Å². The van der Waals surface area contributed by atoms with Gasteiger partial charge >= 0.3 is 0 Å². The molecule has 4 rings (SSSR count). The number of carbonyl (C=O) groups excluding carboxylic acids is 1. The molecule has 10 heteroatoms. The van der Waals surface area contributed by atoms with Crippen LogP contribution in [0.2, 0.25) is 0 Å². The van der Waals surface area contributed by atoms with Crippen LogP contribution in [0.4, 0.5) is 0 Å². The minimum Gasteiger partial charge on any atom is -0.387 e. The van der Waals surface area contributed by atoms with Crippen LogP contribution in [0.15, 0.2) is 23.1 Å². The van der Waals surface area contributed by atoms with Crippen LogP contribution in [0.25, 0.3) is 5.65 Å². The highest BCUT2D eigenvalue weighted by molar-refractivity contribution is 5.99. The van der Waals surface area contributed by atoms with Gasteiger partial charge in [-0.05, 0) is 19.9 Å². The van der Waals surface area contributed by atoms with Gasteiger partial charge in [-0.15, -0.1) is 0 Å². The molecule has 10 nitrogen and oxygen atoms in total. The molecule has 0 aromatic carbocycles. The Morgan fingerprint density at radius 3 is 3.00 bits per heavy atom. The molecule has 1 unspecified atom stereocenters. The lowest BCUT2D eigenvalue weighted by Gasteiger charge is -2.41. The predicted octanol–water partition coefficient (Wildman–Crippen LogP) is 0.717. The fraction of sp³-hybridized carbons (Fsp3) is 0.579. The van der Waals surface area contributed by atoms with E-state index in [0.717, 1.165) is 12.1 Å². The van der Waals surface area contributed by atoms with Crippen molar-refractivity contribution in [1.29, 1.82) is 0 Å². The fourth-order valence-corrected chi connectivity index (χ4v) is 4.08. The van der Waals surface area contributed by atoms with Crippen molar-refractivity contribution in [3.8, 4) is 0 Å². The number of aliphatic hydroxyl groups is 1. The number of β-amino-alcohol motifs (C(OH)–C–C–N with tert-alkyl or cyclic N) is 1. The number of imidazole rings is 1. The summed E-state index contributed by atoms with van der Waals surface area (Å²) >= 11 is 0. The van der Waals surface area contributed by atoms with Gasteiger partial charge in [0.15, 0.2) is 5.82 Å². The second kappa shape index (κ2) is 7.60. The van der Waals surface area contributed by atoms with E-state index < -0.39 is 5.60 Å². The molecule has 0 spiro atoms. The second-order valence-corrected chi connectivity index (χ2v) is 7.92. The normalized spacial score (nSPS) is 20.1. The second-order valence-electron chi connectivity index (χ2n) is 7.92. The van der Waals surface area contributed by atoms with E-state index in [4.69, 9.17) is 4.52 Å². The van der Waals surface area contributed by atoms with Crippen molar-refractivity contribution >= 4 is 11.6 Å². The Morgan fingerprint density at radius 1 is 1.41 bits per heavy atom. The molecule has 1 saturated heterocycles. The third-order valence-electron chi connectivity index (χ3n) is 5.40. The Kier molecular flexibility index (Phi) is 5.13. The number of nitrogens with zero attached hydrogens (tertiary/aromatic N) is 7. The van der Waals surface area contributed by atoms with Crippen LogP contribution in [0.5, 0.6) is 0 Å². The maximum absolute atomic E-state index is 13.1. The number of hydrogen-bond donors (Lipinski definition) is 1. The molecule has 3 aromatic heterocycles. The van der Waals surface area contributed by atoms with Gasteiger partial charge in [0.25, 0.3) is 5.91 Å². The number of aromatic nitrogens is 5. The van der Waals surface area contributed by atoms with E-state index in [9.17, 15) is 9.90 Å². The summed E-state index contributed by atoms with van der Waals surface area (Å²) in [5.74, 6) is 1.10. The number of fused-ring (bicyclic) bond motifs is 1. The van der Waals surface area contributed by atoms with Crippen molar-refractivity contribution in [1.82, 2.24) is 34.1 Å². The van der Waals surface area contributed by atoms with Gasteiger partial charge in [-0.25, -0.2) is 4.52 Å². The van der Waals surface area contributed by atoms with Crippen LogP contribution >= 0.6 is 0 Å². The molecule has 1 aliphatic heterocycles. The molecular weight excluding hydrogens is 374 g/mol. The van der Waals surface area contributed by atoms with Crippen LogP contribution in [0.1, 0.15) is 41.8 Å². The molecule has 1 atom stereocenters. The highest BCUT2D eigenvalue weighted by atomic mass is 16.5. The standard InChI is InChI=1S/C19H27N7O3/c1-4-16-21-15(22-29-16)11-23(2)12-19(28)6-5-7-25(13-19)18(27)14-10-20-26-9-8-24(3)17(14)26/h8-10,28H,4-7,11-13H2,1-3H3. The molecule has 1 fully saturated rings. The number of rotatable bonds is 6. The number of likely N-dealkylation sites (tertiary alicyclic amines) is 1. The zero-order valence-corrected chi connectivity index (χ0v) is 17.1. The Balaban J connectivity index is 1.43. The molecule has 4 heterocycles. The quantitative estimate of drug-likeness (QED) is 0.649. The molecule has 156 valence electrons. The summed E-state index contributed by atoms with van der Waals surface area (Å²) in [5, 5.41) is 19.4. The lowest BCUT2D eigenvalue weighted by atomic mass is 9.92. The molecule has 3 aromatic rings. The van der Waals surface area contributed by atoms with Gasteiger partial charge in [-0.2, -0.15) is 10.1 Å². The molecule has 0 radical (unpaired) electrons. The molecule has 0 aliphatic carbocycles. The zero-order chi connectivity index (χ0) is 20.6. The first-order valence-corrected chi connectivity index (χ1v) is 9.89. The first kappa shape index (κ1) is 19.6. The van der Waals surface area contributed by atoms with E-state index in [1.807, 2.05) is 42.9 Å². The minimum absolute atomic E-state index is 0.103. The van der Waals surface area contributed by atoms with Gasteiger partial charge in [0.05, 0.1) is 24.9 Å². The van der Waals surface area contributed by atoms with Crippen LogP contribution in [0, 0.1) is 0 Å². The van der Waals surface area contributed by atoms with Crippen molar-refractivity contribution in [2.45, 2.75) is 38.3 Å². The average Bonchev–Trinajstić information content (AvgIpc) is 3.39. The van der Waals surface area contributed by atoms with E-state index in [1.165, 1.54) is 0 Å². The van der Waals surface area contributed by atoms with Gasteiger partial charge < -0.3 is 19.1 Å². The van der Waals surface area contributed by atoms with Gasteiger partial charge in [0, 0.05) is 39.0 Å². The summed E-state index contributed by atoms with van der Waals surface area (Å²) in [4.78, 5) is 21.1. The minimum atomic E-state index is -0.986. The van der Waals surface area contributed by atoms with Gasteiger partial charge in [0.2, 0.25) is 5.89 Å². The Hall–Kier alpha value is -2.72. The highest BCUT2D eigenvalue weighted by Gasteiger charge is 2.37. The van der Waals surface area contributed by atoms with Crippen LogP contribution in [-0.2, 0) is 20.0 Å². The number of aryl methyl sites for hydroxylation is 2. The van der Waals surface area contributed by atoms with Crippen molar-refractivity contribution in [2.75, 3.05) is 26.7 Å². The summed E-state index contributed by atoms with van der Waals surface area (Å²) in [6.07, 6.45) is 7.36. The van der Waals surface area contributed by atoms with Crippen LogP contribution in [-0.4, -0.2) is 77.4 Å².